The molecule has 0 spiro atoms. The summed E-state index contributed by atoms with van der Waals surface area (Å²) in [6, 6.07) is 0. The van der Waals surface area contributed by atoms with Crippen molar-refractivity contribution in [3.63, 3.8) is 0 Å². The number of hydrogen-bond donors (Lipinski definition) is 3. The quantitative estimate of drug-likeness (QED) is 0.0222. The highest BCUT2D eigenvalue weighted by molar-refractivity contribution is 7.47. The van der Waals surface area contributed by atoms with E-state index in [4.69, 9.17) is 37.0 Å². The number of hydrogen-bond acceptors (Lipinski definition) is 15. The molecule has 17 nitrogen and oxygen atoms in total. The maximum atomic E-state index is 13.2. The summed E-state index contributed by atoms with van der Waals surface area (Å²) >= 11 is 0. The van der Waals surface area contributed by atoms with Gasteiger partial charge in [-0.1, -0.05) is 402 Å². The van der Waals surface area contributed by atoms with Crippen molar-refractivity contribution in [3.05, 3.63) is 0 Å². The molecule has 0 radical (unpaired) electrons. The van der Waals surface area contributed by atoms with Crippen molar-refractivity contribution in [2.24, 2.45) is 23.7 Å². The van der Waals surface area contributed by atoms with Gasteiger partial charge >= 0.3 is 39.5 Å². The standard InChI is InChI=1S/C87H170O17P2/c1-9-80(8)66-58-50-42-34-28-22-17-19-23-29-35-43-51-59-67-84(89)97-73-82(103-86(91)69-61-53-44-36-30-24-15-13-11-10-12-14-20-26-32-39-47-55-63-77(2)3)75-101-105(93,94)99-71-81(88)72-100-106(95,96)102-76-83(74-98-85(90)68-60-52-46-38-41-49-57-65-79(6)7)104-87(92)70-62-54-45-37-31-25-18-16-21-27-33-40-48-56-64-78(4)5/h77-83,88H,9-76H2,1-8H3,(H,93,94)(H,95,96)/t80?,81?,82-,83-/m1/s1. The van der Waals surface area contributed by atoms with Gasteiger partial charge in [0, 0.05) is 25.7 Å². The van der Waals surface area contributed by atoms with Crippen LogP contribution in [0.3, 0.4) is 0 Å². The number of rotatable bonds is 84. The highest BCUT2D eigenvalue weighted by atomic mass is 31.2. The number of aliphatic hydroxyl groups is 1. The Labute approximate surface area is 651 Å². The average molecular weight is 1550 g/mol. The topological polar surface area (TPSA) is 237 Å². The van der Waals surface area contributed by atoms with Gasteiger partial charge in [0.1, 0.15) is 19.3 Å². The maximum absolute atomic E-state index is 13.2. The highest BCUT2D eigenvalue weighted by Crippen LogP contribution is 2.45. The molecule has 0 fully saturated rings. The molecule has 0 saturated carbocycles. The lowest BCUT2D eigenvalue weighted by atomic mass is 9.99. The third kappa shape index (κ3) is 78.7. The van der Waals surface area contributed by atoms with Crippen molar-refractivity contribution < 1.29 is 80.2 Å². The molecule has 0 amide bonds. The van der Waals surface area contributed by atoms with Crippen molar-refractivity contribution >= 4 is 39.5 Å². The normalized spacial score (nSPS) is 14.2. The van der Waals surface area contributed by atoms with Gasteiger partial charge in [-0.2, -0.15) is 0 Å². The van der Waals surface area contributed by atoms with E-state index in [0.717, 1.165) is 114 Å². The number of carbonyl (C=O) groups excluding carboxylic acids is 4. The lowest BCUT2D eigenvalue weighted by molar-refractivity contribution is -0.161. The first kappa shape index (κ1) is 104. The first-order valence-corrected chi connectivity index (χ1v) is 47.7. The lowest BCUT2D eigenvalue weighted by Crippen LogP contribution is -2.30. The molecule has 630 valence electrons. The zero-order valence-electron chi connectivity index (χ0n) is 70.1. The Morgan fingerprint density at radius 2 is 0.453 bits per heavy atom. The Bertz CT molecular complexity index is 2060. The van der Waals surface area contributed by atoms with E-state index in [-0.39, 0.29) is 25.7 Å². The van der Waals surface area contributed by atoms with Gasteiger partial charge in [-0.3, -0.25) is 37.3 Å². The lowest BCUT2D eigenvalue weighted by Gasteiger charge is -2.21. The Balaban J connectivity index is 5.23. The van der Waals surface area contributed by atoms with Crippen LogP contribution in [0.2, 0.25) is 0 Å². The minimum Gasteiger partial charge on any atom is -0.462 e. The average Bonchev–Trinajstić information content (AvgIpc) is 0.900. The summed E-state index contributed by atoms with van der Waals surface area (Å²) in [4.78, 5) is 73.2. The summed E-state index contributed by atoms with van der Waals surface area (Å²) in [5, 5.41) is 10.7. The van der Waals surface area contributed by atoms with Crippen molar-refractivity contribution in [2.45, 2.75) is 472 Å². The molecule has 106 heavy (non-hydrogen) atoms. The van der Waals surface area contributed by atoms with Crippen LogP contribution in [0.4, 0.5) is 0 Å². The smallest absolute Gasteiger partial charge is 0.462 e. The van der Waals surface area contributed by atoms with Crippen LogP contribution in [0.15, 0.2) is 0 Å². The molecule has 0 aliphatic heterocycles. The monoisotopic (exact) mass is 1550 g/mol. The van der Waals surface area contributed by atoms with Crippen LogP contribution in [-0.2, 0) is 65.4 Å². The van der Waals surface area contributed by atoms with Gasteiger partial charge in [0.2, 0.25) is 0 Å². The highest BCUT2D eigenvalue weighted by Gasteiger charge is 2.31. The summed E-state index contributed by atoms with van der Waals surface area (Å²) in [6.07, 6.45) is 65.3. The van der Waals surface area contributed by atoms with Gasteiger partial charge in [-0.05, 0) is 49.4 Å². The molecule has 3 N–H and O–H groups in total. The van der Waals surface area contributed by atoms with Crippen LogP contribution in [0, 0.1) is 23.7 Å². The summed E-state index contributed by atoms with van der Waals surface area (Å²) in [5.74, 6) is 1.06. The fourth-order valence-electron chi connectivity index (χ4n) is 13.5. The van der Waals surface area contributed by atoms with Crippen LogP contribution < -0.4 is 0 Å². The third-order valence-corrected chi connectivity index (χ3v) is 22.6. The van der Waals surface area contributed by atoms with E-state index < -0.39 is 97.5 Å². The first-order chi connectivity index (χ1) is 51.1. The SMILES string of the molecule is CCC(C)CCCCCCCCCCCCCCCCC(=O)OC[C@H](COP(=O)(O)OCC(O)COP(=O)(O)OC[C@@H](COC(=O)CCCCCCCCCC(C)C)OC(=O)CCCCCCCCCCCCCCCCC(C)C)OC(=O)CCCCCCCCCCCCCCCCCCCCC(C)C. The van der Waals surface area contributed by atoms with E-state index in [1.807, 2.05) is 0 Å². The molecule has 0 heterocycles. The van der Waals surface area contributed by atoms with Gasteiger partial charge in [0.25, 0.3) is 0 Å². The number of carbonyl (C=O) groups is 4. The Morgan fingerprint density at radius 1 is 0.264 bits per heavy atom. The van der Waals surface area contributed by atoms with Crippen molar-refractivity contribution in [2.75, 3.05) is 39.6 Å². The van der Waals surface area contributed by atoms with E-state index >= 15 is 0 Å². The van der Waals surface area contributed by atoms with E-state index in [2.05, 4.69) is 55.4 Å². The van der Waals surface area contributed by atoms with Crippen LogP contribution in [0.5, 0.6) is 0 Å². The molecule has 4 unspecified atom stereocenters. The van der Waals surface area contributed by atoms with Crippen molar-refractivity contribution in [1.82, 2.24) is 0 Å². The van der Waals surface area contributed by atoms with Gasteiger partial charge in [0.15, 0.2) is 12.2 Å². The molecule has 0 rings (SSSR count). The summed E-state index contributed by atoms with van der Waals surface area (Å²) < 4.78 is 68.9. The van der Waals surface area contributed by atoms with Crippen molar-refractivity contribution in [1.29, 1.82) is 0 Å². The molecule has 0 aliphatic carbocycles. The number of phosphoric acid groups is 2. The van der Waals surface area contributed by atoms with Crippen LogP contribution in [0.25, 0.3) is 0 Å². The predicted octanol–water partition coefficient (Wildman–Crippen LogP) is 26.3. The Morgan fingerprint density at radius 3 is 0.670 bits per heavy atom. The fourth-order valence-corrected chi connectivity index (χ4v) is 15.0. The number of esters is 4. The van der Waals surface area contributed by atoms with Gasteiger partial charge < -0.3 is 33.8 Å². The molecule has 0 aromatic heterocycles. The fraction of sp³-hybridized carbons (Fsp3) is 0.954. The van der Waals surface area contributed by atoms with Gasteiger partial charge in [0.05, 0.1) is 26.4 Å². The molecule has 0 aromatic rings. The van der Waals surface area contributed by atoms with Crippen molar-refractivity contribution in [3.8, 4) is 0 Å². The summed E-state index contributed by atoms with van der Waals surface area (Å²) in [5.41, 5.74) is 0. The zero-order chi connectivity index (χ0) is 78.1. The molecular formula is C87H170O17P2. The van der Waals surface area contributed by atoms with Gasteiger partial charge in [-0.25, -0.2) is 9.13 Å². The number of ether oxygens (including phenoxy) is 4. The summed E-state index contributed by atoms with van der Waals surface area (Å²) in [7, 11) is -9.93. The van der Waals surface area contributed by atoms with Crippen LogP contribution in [0.1, 0.15) is 453 Å². The Hall–Kier alpha value is -1.94. The predicted molar refractivity (Wildman–Crippen MR) is 437 cm³/mol. The molecule has 6 atom stereocenters. The number of unbranched alkanes of at least 4 members (excludes halogenated alkanes) is 49. The van der Waals surface area contributed by atoms with E-state index in [1.165, 1.54) is 250 Å². The molecular weight excluding hydrogens is 1380 g/mol. The third-order valence-electron chi connectivity index (χ3n) is 20.7. The molecule has 19 heteroatoms. The number of phosphoric ester groups is 2. The molecule has 0 saturated heterocycles. The second-order valence-corrected chi connectivity index (χ2v) is 35.9. The van der Waals surface area contributed by atoms with E-state index in [9.17, 15) is 43.2 Å². The zero-order valence-corrected chi connectivity index (χ0v) is 71.9. The molecule has 0 aliphatic rings. The summed E-state index contributed by atoms with van der Waals surface area (Å²) in [6.45, 7) is 14.3. The van der Waals surface area contributed by atoms with E-state index in [0.29, 0.717) is 31.6 Å². The first-order valence-electron chi connectivity index (χ1n) is 44.7. The van der Waals surface area contributed by atoms with E-state index in [1.54, 1.807) is 0 Å². The van der Waals surface area contributed by atoms with Crippen LogP contribution in [-0.4, -0.2) is 96.7 Å². The minimum absolute atomic E-state index is 0.107. The van der Waals surface area contributed by atoms with Crippen LogP contribution >= 0.6 is 15.6 Å². The maximum Gasteiger partial charge on any atom is 0.472 e. The largest absolute Gasteiger partial charge is 0.472 e. The minimum atomic E-state index is -4.97. The molecule has 0 aromatic carbocycles. The second kappa shape index (κ2) is 75.7. The number of aliphatic hydroxyl groups excluding tert-OH is 1. The van der Waals surface area contributed by atoms with Gasteiger partial charge in [-0.15, -0.1) is 0 Å². The molecule has 0 bridgehead atoms. The second-order valence-electron chi connectivity index (χ2n) is 33.0. The Kier molecular flexibility index (Phi) is 74.3.